The maximum absolute atomic E-state index is 11.5. The minimum Gasteiger partial charge on any atom is -0.381 e. The molecule has 5 heteroatoms. The lowest BCUT2D eigenvalue weighted by Crippen LogP contribution is -2.50. The highest BCUT2D eigenvalue weighted by Crippen LogP contribution is 2.31. The van der Waals surface area contributed by atoms with Crippen molar-refractivity contribution in [2.45, 2.75) is 37.3 Å². The Balaban J connectivity index is 2.05. The molecule has 78 valence electrons. The number of hydrogen-bond donors (Lipinski definition) is 2. The third kappa shape index (κ3) is 1.37. The van der Waals surface area contributed by atoms with Crippen molar-refractivity contribution in [1.82, 2.24) is 10.6 Å². The fraction of sp³-hybridized carbons (Fsp3) is 0.778. The lowest BCUT2D eigenvalue weighted by Gasteiger charge is -2.33. The van der Waals surface area contributed by atoms with Gasteiger partial charge in [0.25, 0.3) is 5.91 Å². The first-order valence-corrected chi connectivity index (χ1v) is 4.83. The van der Waals surface area contributed by atoms with Crippen molar-refractivity contribution in [3.63, 3.8) is 0 Å². The SMILES string of the molecule is COC1CCC2(CC1)NC(=O)NC2=O. The van der Waals surface area contributed by atoms with Gasteiger partial charge in [-0.1, -0.05) is 0 Å². The van der Waals surface area contributed by atoms with Crippen molar-refractivity contribution in [3.05, 3.63) is 0 Å². The number of amides is 3. The molecule has 0 unspecified atom stereocenters. The second-order valence-corrected chi connectivity index (χ2v) is 3.93. The Bertz CT molecular complexity index is 269. The number of carbonyl (C=O) groups is 2. The molecule has 14 heavy (non-hydrogen) atoms. The van der Waals surface area contributed by atoms with Crippen LogP contribution in [0.1, 0.15) is 25.7 Å². The Kier molecular flexibility index (Phi) is 2.19. The lowest BCUT2D eigenvalue weighted by atomic mass is 9.80. The van der Waals surface area contributed by atoms with Gasteiger partial charge in [0.05, 0.1) is 6.10 Å². The van der Waals surface area contributed by atoms with Gasteiger partial charge in [-0.2, -0.15) is 0 Å². The van der Waals surface area contributed by atoms with Crippen LogP contribution in [0.5, 0.6) is 0 Å². The first-order chi connectivity index (χ1) is 6.66. The van der Waals surface area contributed by atoms with Crippen LogP contribution in [0.15, 0.2) is 0 Å². The van der Waals surface area contributed by atoms with E-state index in [1.165, 1.54) is 0 Å². The van der Waals surface area contributed by atoms with Crippen molar-refractivity contribution < 1.29 is 14.3 Å². The summed E-state index contributed by atoms with van der Waals surface area (Å²) in [6, 6.07) is -0.370. The number of imide groups is 1. The summed E-state index contributed by atoms with van der Waals surface area (Å²) in [6.45, 7) is 0. The smallest absolute Gasteiger partial charge is 0.322 e. The van der Waals surface area contributed by atoms with E-state index in [1.54, 1.807) is 7.11 Å². The number of hydrogen-bond acceptors (Lipinski definition) is 3. The summed E-state index contributed by atoms with van der Waals surface area (Å²) in [7, 11) is 1.68. The normalized spacial score (nSPS) is 37.1. The largest absolute Gasteiger partial charge is 0.381 e. The molecule has 0 aromatic heterocycles. The second kappa shape index (κ2) is 3.24. The minimum absolute atomic E-state index is 0.183. The zero-order chi connectivity index (χ0) is 10.2. The van der Waals surface area contributed by atoms with Gasteiger partial charge in [-0.3, -0.25) is 10.1 Å². The van der Waals surface area contributed by atoms with Crippen LogP contribution in [0.2, 0.25) is 0 Å². The van der Waals surface area contributed by atoms with Crippen molar-refractivity contribution in [2.75, 3.05) is 7.11 Å². The number of ether oxygens (including phenoxy) is 1. The molecule has 2 aliphatic rings. The van der Waals surface area contributed by atoms with E-state index in [0.29, 0.717) is 12.8 Å². The van der Waals surface area contributed by atoms with Crippen LogP contribution in [0.3, 0.4) is 0 Å². The Morgan fingerprint density at radius 1 is 1.36 bits per heavy atom. The van der Waals surface area contributed by atoms with Gasteiger partial charge in [0, 0.05) is 7.11 Å². The van der Waals surface area contributed by atoms with Crippen LogP contribution in [0.4, 0.5) is 4.79 Å². The number of carbonyl (C=O) groups excluding carboxylic acids is 2. The summed E-state index contributed by atoms with van der Waals surface area (Å²) >= 11 is 0. The van der Waals surface area contributed by atoms with Gasteiger partial charge >= 0.3 is 6.03 Å². The van der Waals surface area contributed by atoms with Crippen LogP contribution in [-0.2, 0) is 9.53 Å². The third-order valence-corrected chi connectivity index (χ3v) is 3.13. The summed E-state index contributed by atoms with van der Waals surface area (Å²) in [5.74, 6) is -0.183. The van der Waals surface area contributed by atoms with E-state index in [0.717, 1.165) is 12.8 Å². The topological polar surface area (TPSA) is 67.4 Å². The predicted octanol–water partition coefficient (Wildman–Crippen LogP) is 0.154. The molecule has 1 saturated carbocycles. The van der Waals surface area contributed by atoms with Crippen LogP contribution in [0, 0.1) is 0 Å². The van der Waals surface area contributed by atoms with Gasteiger partial charge in [-0.25, -0.2) is 4.79 Å². The second-order valence-electron chi connectivity index (χ2n) is 3.93. The molecular weight excluding hydrogens is 184 g/mol. The van der Waals surface area contributed by atoms with Crippen molar-refractivity contribution in [3.8, 4) is 0 Å². The average Bonchev–Trinajstić information content (AvgIpc) is 2.43. The predicted molar refractivity (Wildman–Crippen MR) is 48.7 cm³/mol. The molecule has 0 radical (unpaired) electrons. The Hall–Kier alpha value is -1.10. The van der Waals surface area contributed by atoms with Crippen LogP contribution in [0.25, 0.3) is 0 Å². The molecule has 2 N–H and O–H groups in total. The maximum Gasteiger partial charge on any atom is 0.322 e. The Morgan fingerprint density at radius 2 is 2.00 bits per heavy atom. The zero-order valence-corrected chi connectivity index (χ0v) is 8.13. The highest BCUT2D eigenvalue weighted by atomic mass is 16.5. The highest BCUT2D eigenvalue weighted by Gasteiger charge is 2.47. The summed E-state index contributed by atoms with van der Waals surface area (Å²) in [5.41, 5.74) is -0.647. The number of urea groups is 1. The summed E-state index contributed by atoms with van der Waals surface area (Å²) in [6.07, 6.45) is 3.21. The third-order valence-electron chi connectivity index (χ3n) is 3.13. The summed E-state index contributed by atoms with van der Waals surface area (Å²) < 4.78 is 5.21. The quantitative estimate of drug-likeness (QED) is 0.589. The molecule has 0 aromatic carbocycles. The Labute approximate surface area is 82.2 Å². The molecule has 1 heterocycles. The lowest BCUT2D eigenvalue weighted by molar-refractivity contribution is -0.126. The fourth-order valence-electron chi connectivity index (χ4n) is 2.20. The molecule has 0 aromatic rings. The molecule has 5 nitrogen and oxygen atoms in total. The molecule has 0 bridgehead atoms. The van der Waals surface area contributed by atoms with Gasteiger partial charge in [0.1, 0.15) is 5.54 Å². The van der Waals surface area contributed by atoms with Crippen molar-refractivity contribution >= 4 is 11.9 Å². The highest BCUT2D eigenvalue weighted by molar-refractivity contribution is 6.07. The molecule has 3 amide bonds. The standard InChI is InChI=1S/C9H14N2O3/c1-14-6-2-4-9(5-3-6)7(12)10-8(13)11-9/h6H,2-5H2,1H3,(H2,10,11,12,13). The number of rotatable bonds is 1. The minimum atomic E-state index is -0.647. The van der Waals surface area contributed by atoms with Crippen molar-refractivity contribution in [2.24, 2.45) is 0 Å². The first-order valence-electron chi connectivity index (χ1n) is 4.83. The maximum atomic E-state index is 11.5. The fourth-order valence-corrected chi connectivity index (χ4v) is 2.20. The van der Waals surface area contributed by atoms with Crippen molar-refractivity contribution in [1.29, 1.82) is 0 Å². The Morgan fingerprint density at radius 3 is 2.43 bits per heavy atom. The van der Waals surface area contributed by atoms with E-state index in [9.17, 15) is 9.59 Å². The molecule has 2 rings (SSSR count). The van der Waals surface area contributed by atoms with Gasteiger partial charge in [-0.15, -0.1) is 0 Å². The molecule has 1 spiro atoms. The summed E-state index contributed by atoms with van der Waals surface area (Å²) in [4.78, 5) is 22.5. The van der Waals surface area contributed by atoms with E-state index in [4.69, 9.17) is 4.74 Å². The van der Waals surface area contributed by atoms with Crippen LogP contribution in [-0.4, -0.2) is 30.7 Å². The van der Waals surface area contributed by atoms with Gasteiger partial charge < -0.3 is 10.1 Å². The molecule has 1 aliphatic carbocycles. The van der Waals surface area contributed by atoms with E-state index < -0.39 is 5.54 Å². The molecule has 2 fully saturated rings. The number of methoxy groups -OCH3 is 1. The molecule has 1 saturated heterocycles. The molecule has 1 aliphatic heterocycles. The van der Waals surface area contributed by atoms with E-state index in [1.807, 2.05) is 0 Å². The van der Waals surface area contributed by atoms with Gasteiger partial charge in [0.2, 0.25) is 0 Å². The van der Waals surface area contributed by atoms with E-state index in [-0.39, 0.29) is 18.0 Å². The van der Waals surface area contributed by atoms with Gasteiger partial charge in [0.15, 0.2) is 0 Å². The van der Waals surface area contributed by atoms with E-state index in [2.05, 4.69) is 10.6 Å². The van der Waals surface area contributed by atoms with Crippen LogP contribution < -0.4 is 10.6 Å². The molecule has 0 atom stereocenters. The van der Waals surface area contributed by atoms with Crippen LogP contribution >= 0.6 is 0 Å². The zero-order valence-electron chi connectivity index (χ0n) is 8.13. The monoisotopic (exact) mass is 198 g/mol. The first kappa shape index (κ1) is 9.45. The van der Waals surface area contributed by atoms with Gasteiger partial charge in [-0.05, 0) is 25.7 Å². The van der Waals surface area contributed by atoms with E-state index >= 15 is 0 Å². The average molecular weight is 198 g/mol. The molecular formula is C9H14N2O3. The number of nitrogens with one attached hydrogen (secondary N) is 2. The summed E-state index contributed by atoms with van der Waals surface area (Å²) in [5, 5.41) is 4.99.